The summed E-state index contributed by atoms with van der Waals surface area (Å²) in [6.45, 7) is 1.92. The Bertz CT molecular complexity index is 1270. The highest BCUT2D eigenvalue weighted by atomic mass is 19.4. The van der Waals surface area contributed by atoms with Crippen LogP contribution in [0, 0.1) is 0 Å². The van der Waals surface area contributed by atoms with Gasteiger partial charge in [-0.25, -0.2) is 4.98 Å². The lowest BCUT2D eigenvalue weighted by atomic mass is 10.1. The van der Waals surface area contributed by atoms with Crippen LogP contribution in [0.4, 0.5) is 13.2 Å². The van der Waals surface area contributed by atoms with Crippen LogP contribution in [0.25, 0.3) is 22.3 Å². The number of nitrogens with zero attached hydrogens (tertiary/aromatic N) is 2. The van der Waals surface area contributed by atoms with Gasteiger partial charge < -0.3 is 9.97 Å². The fraction of sp³-hybridized carbons (Fsp3) is 0.217. The van der Waals surface area contributed by atoms with Gasteiger partial charge in [0.2, 0.25) is 0 Å². The molecule has 1 aliphatic heterocycles. The number of aromatic amines is 2. The van der Waals surface area contributed by atoms with Crippen molar-refractivity contribution in [1.82, 2.24) is 19.9 Å². The number of benzene rings is 2. The minimum Gasteiger partial charge on any atom is -0.357 e. The molecule has 0 radical (unpaired) electrons. The van der Waals surface area contributed by atoms with E-state index in [2.05, 4.69) is 32.0 Å². The number of H-pyrrole nitrogens is 2. The summed E-state index contributed by atoms with van der Waals surface area (Å²) >= 11 is 0. The van der Waals surface area contributed by atoms with Crippen molar-refractivity contribution in [2.24, 2.45) is 0 Å². The van der Waals surface area contributed by atoms with Crippen LogP contribution in [0.5, 0.6) is 0 Å². The third kappa shape index (κ3) is 3.86. The highest BCUT2D eigenvalue weighted by Crippen LogP contribution is 2.30. The average molecular weight is 424 g/mol. The maximum Gasteiger partial charge on any atom is 0.416 e. The topological polar surface area (TPSA) is 64.8 Å². The van der Waals surface area contributed by atoms with Gasteiger partial charge in [0, 0.05) is 42.0 Å². The van der Waals surface area contributed by atoms with Gasteiger partial charge in [-0.05, 0) is 36.1 Å². The van der Waals surface area contributed by atoms with Crippen LogP contribution in [-0.4, -0.2) is 26.4 Å². The quantitative estimate of drug-likeness (QED) is 0.509. The molecule has 0 spiro atoms. The number of halogens is 3. The van der Waals surface area contributed by atoms with Crippen molar-refractivity contribution >= 4 is 10.9 Å². The van der Waals surface area contributed by atoms with Crippen LogP contribution in [-0.2, 0) is 25.7 Å². The summed E-state index contributed by atoms with van der Waals surface area (Å²) in [5.74, 6) is 0.282. The summed E-state index contributed by atoms with van der Waals surface area (Å²) in [6.07, 6.45) is -3.83. The minimum absolute atomic E-state index is 0.231. The molecule has 8 heteroatoms. The van der Waals surface area contributed by atoms with Crippen molar-refractivity contribution in [2.45, 2.75) is 25.7 Å². The third-order valence-corrected chi connectivity index (χ3v) is 5.62. The summed E-state index contributed by atoms with van der Waals surface area (Å²) in [6, 6.07) is 14.8. The van der Waals surface area contributed by atoms with E-state index in [1.807, 2.05) is 18.2 Å². The number of aromatic nitrogens is 3. The van der Waals surface area contributed by atoms with Crippen molar-refractivity contribution < 1.29 is 13.2 Å². The van der Waals surface area contributed by atoms with E-state index in [0.29, 0.717) is 36.3 Å². The first-order valence-corrected chi connectivity index (χ1v) is 9.95. The van der Waals surface area contributed by atoms with E-state index < -0.39 is 11.7 Å². The Labute approximate surface area is 175 Å². The number of rotatable bonds is 3. The van der Waals surface area contributed by atoms with Gasteiger partial charge in [-0.15, -0.1) is 0 Å². The minimum atomic E-state index is -4.40. The highest BCUT2D eigenvalue weighted by molar-refractivity contribution is 5.80. The van der Waals surface area contributed by atoms with E-state index in [4.69, 9.17) is 0 Å². The van der Waals surface area contributed by atoms with Crippen LogP contribution >= 0.6 is 0 Å². The predicted octanol–water partition coefficient (Wildman–Crippen LogP) is 4.50. The Morgan fingerprint density at radius 1 is 1.03 bits per heavy atom. The van der Waals surface area contributed by atoms with Crippen LogP contribution in [0.1, 0.15) is 22.5 Å². The largest absolute Gasteiger partial charge is 0.416 e. The molecule has 0 saturated heterocycles. The Morgan fingerprint density at radius 2 is 1.81 bits per heavy atom. The normalized spacial score (nSPS) is 14.7. The van der Waals surface area contributed by atoms with E-state index in [1.165, 1.54) is 12.1 Å². The SMILES string of the molecule is O=c1[nH]c(-c2ccc(C(F)(F)F)cc2)nc2c1CCN(Cc1cc3ccccc3[nH]1)C2. The van der Waals surface area contributed by atoms with E-state index in [9.17, 15) is 18.0 Å². The van der Waals surface area contributed by atoms with Crippen molar-refractivity contribution in [3.05, 3.63) is 87.5 Å². The van der Waals surface area contributed by atoms with Gasteiger partial charge in [0.15, 0.2) is 0 Å². The van der Waals surface area contributed by atoms with Gasteiger partial charge in [-0.2, -0.15) is 13.2 Å². The number of hydrogen-bond donors (Lipinski definition) is 2. The lowest BCUT2D eigenvalue weighted by molar-refractivity contribution is -0.137. The second-order valence-electron chi connectivity index (χ2n) is 7.76. The number of hydrogen-bond acceptors (Lipinski definition) is 3. The summed E-state index contributed by atoms with van der Waals surface area (Å²) in [7, 11) is 0. The second-order valence-corrected chi connectivity index (χ2v) is 7.76. The van der Waals surface area contributed by atoms with Gasteiger partial charge in [-0.3, -0.25) is 9.69 Å². The lowest BCUT2D eigenvalue weighted by Gasteiger charge is -2.27. The molecule has 5 nitrogen and oxygen atoms in total. The van der Waals surface area contributed by atoms with Crippen molar-refractivity contribution in [3.63, 3.8) is 0 Å². The second kappa shape index (κ2) is 7.39. The van der Waals surface area contributed by atoms with Crippen LogP contribution in [0.3, 0.4) is 0 Å². The molecule has 0 saturated carbocycles. The fourth-order valence-electron chi connectivity index (χ4n) is 4.04. The molecule has 5 rings (SSSR count). The van der Waals surface area contributed by atoms with Gasteiger partial charge in [-0.1, -0.05) is 30.3 Å². The van der Waals surface area contributed by atoms with Gasteiger partial charge >= 0.3 is 6.18 Å². The van der Waals surface area contributed by atoms with Crippen molar-refractivity contribution in [1.29, 1.82) is 0 Å². The Balaban J connectivity index is 1.40. The lowest BCUT2D eigenvalue weighted by Crippen LogP contribution is -2.35. The Morgan fingerprint density at radius 3 is 2.55 bits per heavy atom. The zero-order chi connectivity index (χ0) is 21.6. The number of para-hydroxylation sites is 1. The third-order valence-electron chi connectivity index (χ3n) is 5.62. The number of fused-ring (bicyclic) bond motifs is 2. The van der Waals surface area contributed by atoms with E-state index in [-0.39, 0.29) is 11.4 Å². The van der Waals surface area contributed by atoms with Gasteiger partial charge in [0.25, 0.3) is 5.56 Å². The molecule has 0 bridgehead atoms. The zero-order valence-corrected chi connectivity index (χ0v) is 16.5. The summed E-state index contributed by atoms with van der Waals surface area (Å²) < 4.78 is 38.5. The predicted molar refractivity (Wildman–Crippen MR) is 111 cm³/mol. The van der Waals surface area contributed by atoms with Gasteiger partial charge in [0.05, 0.1) is 11.3 Å². The standard InChI is InChI=1S/C23H19F3N4O/c24-23(25,26)16-7-5-14(6-8-16)21-28-20-13-30(10-9-18(20)22(31)29-21)12-17-11-15-3-1-2-4-19(15)27-17/h1-8,11,27H,9-10,12-13H2,(H,28,29,31). The van der Waals surface area contributed by atoms with Crippen molar-refractivity contribution in [2.75, 3.05) is 6.54 Å². The Hall–Kier alpha value is -3.39. The first-order chi connectivity index (χ1) is 14.9. The molecule has 1 aliphatic rings. The zero-order valence-electron chi connectivity index (χ0n) is 16.5. The van der Waals surface area contributed by atoms with E-state index in [1.54, 1.807) is 0 Å². The first-order valence-electron chi connectivity index (χ1n) is 9.95. The molecular weight excluding hydrogens is 405 g/mol. The van der Waals surface area contributed by atoms with Crippen LogP contribution < -0.4 is 5.56 Å². The molecule has 158 valence electrons. The average Bonchev–Trinajstić information content (AvgIpc) is 3.15. The van der Waals surface area contributed by atoms with Crippen molar-refractivity contribution in [3.8, 4) is 11.4 Å². The van der Waals surface area contributed by atoms with Crippen LogP contribution in [0.2, 0.25) is 0 Å². The van der Waals surface area contributed by atoms with E-state index in [0.717, 1.165) is 35.3 Å². The molecule has 0 atom stereocenters. The maximum absolute atomic E-state index is 12.8. The monoisotopic (exact) mass is 424 g/mol. The molecular formula is C23H19F3N4O. The maximum atomic E-state index is 12.8. The smallest absolute Gasteiger partial charge is 0.357 e. The molecule has 3 heterocycles. The first kappa shape index (κ1) is 19.6. The highest BCUT2D eigenvalue weighted by Gasteiger charge is 2.30. The number of nitrogens with one attached hydrogen (secondary N) is 2. The molecule has 0 fully saturated rings. The summed E-state index contributed by atoms with van der Waals surface area (Å²) in [5.41, 5.74) is 2.95. The molecule has 4 aromatic rings. The molecule has 0 unspecified atom stereocenters. The molecule has 2 aromatic carbocycles. The molecule has 2 aromatic heterocycles. The van der Waals surface area contributed by atoms with E-state index >= 15 is 0 Å². The summed E-state index contributed by atoms with van der Waals surface area (Å²) in [4.78, 5) is 25.5. The summed E-state index contributed by atoms with van der Waals surface area (Å²) in [5, 5.41) is 1.15. The molecule has 2 N–H and O–H groups in total. The molecule has 0 aliphatic carbocycles. The van der Waals surface area contributed by atoms with Gasteiger partial charge in [0.1, 0.15) is 5.82 Å². The fourth-order valence-corrected chi connectivity index (χ4v) is 4.04. The molecule has 31 heavy (non-hydrogen) atoms. The number of alkyl halides is 3. The van der Waals surface area contributed by atoms with Crippen LogP contribution in [0.15, 0.2) is 59.4 Å². The Kier molecular flexibility index (Phi) is 4.66. The molecule has 0 amide bonds.